The number of carbonyl (C=O) groups is 1. The van der Waals surface area contributed by atoms with Crippen LogP contribution in [0, 0.1) is 11.8 Å². The summed E-state index contributed by atoms with van der Waals surface area (Å²) in [7, 11) is 3.46. The fourth-order valence-corrected chi connectivity index (χ4v) is 5.26. The number of benzene rings is 2. The minimum atomic E-state index is 0.266. The lowest BCUT2D eigenvalue weighted by Crippen LogP contribution is -2.26. The molecule has 160 valence electrons. The van der Waals surface area contributed by atoms with Crippen molar-refractivity contribution in [2.24, 2.45) is 11.8 Å². The molecule has 0 bridgehead atoms. The van der Waals surface area contributed by atoms with Crippen molar-refractivity contribution in [3.63, 3.8) is 0 Å². The molecule has 2 saturated carbocycles. The molecule has 2 fully saturated rings. The number of ether oxygens (including phenoxy) is 2. The highest BCUT2D eigenvalue weighted by molar-refractivity contribution is 5.80. The van der Waals surface area contributed by atoms with E-state index >= 15 is 0 Å². The van der Waals surface area contributed by atoms with Gasteiger partial charge in [0.1, 0.15) is 17.3 Å². The van der Waals surface area contributed by atoms with Crippen LogP contribution in [0.15, 0.2) is 48.5 Å². The molecule has 30 heavy (non-hydrogen) atoms. The van der Waals surface area contributed by atoms with E-state index in [0.717, 1.165) is 11.5 Å². The summed E-state index contributed by atoms with van der Waals surface area (Å²) in [4.78, 5) is 13.4. The molecule has 3 nitrogen and oxygen atoms in total. The van der Waals surface area contributed by atoms with Crippen LogP contribution in [-0.2, 0) is 4.79 Å². The summed E-state index contributed by atoms with van der Waals surface area (Å²) in [5, 5.41) is 0. The third-order valence-corrected chi connectivity index (χ3v) is 7.41. The summed E-state index contributed by atoms with van der Waals surface area (Å²) in [5.74, 6) is 3.94. The average molecular weight is 407 g/mol. The van der Waals surface area contributed by atoms with E-state index in [2.05, 4.69) is 24.3 Å². The van der Waals surface area contributed by atoms with Crippen molar-refractivity contribution in [1.29, 1.82) is 0 Å². The zero-order valence-corrected chi connectivity index (χ0v) is 18.3. The molecule has 4 rings (SSSR count). The molecule has 2 aliphatic carbocycles. The fourth-order valence-electron chi connectivity index (χ4n) is 5.26. The highest BCUT2D eigenvalue weighted by atomic mass is 16.5. The maximum Gasteiger partial charge on any atom is 0.134 e. The molecular formula is C27H34O3. The Balaban J connectivity index is 1.54. The standard InChI is InChI=1S/C27H34O3/c1-29-26-15-5-3-13-22(26)24(19-9-7-10-19)17-21(28)18-25(20-11-8-12-20)23-14-4-6-16-27(23)30-2/h3-6,13-16,19-20,24-25H,7-12,17-18H2,1-2H3/t24-,25-/m0/s1. The highest BCUT2D eigenvalue weighted by Gasteiger charge is 2.35. The summed E-state index contributed by atoms with van der Waals surface area (Å²) in [5.41, 5.74) is 2.41. The molecule has 0 aliphatic heterocycles. The zero-order valence-electron chi connectivity index (χ0n) is 18.3. The molecule has 2 aliphatic rings. The maximum absolute atomic E-state index is 13.4. The Morgan fingerprint density at radius 3 is 1.50 bits per heavy atom. The van der Waals surface area contributed by atoms with E-state index in [-0.39, 0.29) is 11.8 Å². The van der Waals surface area contributed by atoms with Crippen molar-refractivity contribution in [3.8, 4) is 11.5 Å². The van der Waals surface area contributed by atoms with Gasteiger partial charge in [-0.25, -0.2) is 0 Å². The van der Waals surface area contributed by atoms with Gasteiger partial charge < -0.3 is 9.47 Å². The molecule has 2 aromatic carbocycles. The Bertz CT molecular complexity index is 781. The van der Waals surface area contributed by atoms with E-state index in [4.69, 9.17) is 9.47 Å². The van der Waals surface area contributed by atoms with Gasteiger partial charge in [-0.05, 0) is 72.6 Å². The van der Waals surface area contributed by atoms with Crippen molar-refractivity contribution in [2.45, 2.75) is 63.2 Å². The molecule has 2 atom stereocenters. The Morgan fingerprint density at radius 2 is 1.17 bits per heavy atom. The fraction of sp³-hybridized carbons (Fsp3) is 0.519. The summed E-state index contributed by atoms with van der Waals surface area (Å²) in [6.07, 6.45) is 8.64. The van der Waals surface area contributed by atoms with Crippen LogP contribution in [0.3, 0.4) is 0 Å². The first-order valence-corrected chi connectivity index (χ1v) is 11.5. The van der Waals surface area contributed by atoms with E-state index in [0.29, 0.717) is 30.5 Å². The number of para-hydroxylation sites is 2. The molecule has 0 unspecified atom stereocenters. The van der Waals surface area contributed by atoms with Crippen LogP contribution in [-0.4, -0.2) is 20.0 Å². The molecule has 0 N–H and O–H groups in total. The lowest BCUT2D eigenvalue weighted by Gasteiger charge is -2.36. The molecule has 0 heterocycles. The average Bonchev–Trinajstić information content (AvgIpc) is 2.70. The second-order valence-electron chi connectivity index (χ2n) is 9.03. The van der Waals surface area contributed by atoms with Crippen LogP contribution in [0.1, 0.15) is 74.3 Å². The number of methoxy groups -OCH3 is 2. The lowest BCUT2D eigenvalue weighted by atomic mass is 9.68. The first-order chi connectivity index (χ1) is 14.7. The maximum atomic E-state index is 13.4. The van der Waals surface area contributed by atoms with Crippen LogP contribution >= 0.6 is 0 Å². The topological polar surface area (TPSA) is 35.5 Å². The second-order valence-corrected chi connectivity index (χ2v) is 9.03. The number of hydrogen-bond donors (Lipinski definition) is 0. The Morgan fingerprint density at radius 1 is 0.767 bits per heavy atom. The van der Waals surface area contributed by atoms with Crippen LogP contribution in [0.4, 0.5) is 0 Å². The minimum Gasteiger partial charge on any atom is -0.496 e. The molecule has 0 aromatic heterocycles. The zero-order chi connectivity index (χ0) is 20.9. The summed E-state index contributed by atoms with van der Waals surface area (Å²) in [6.45, 7) is 0. The normalized spacial score (nSPS) is 18.7. The van der Waals surface area contributed by atoms with Crippen LogP contribution in [0.2, 0.25) is 0 Å². The third kappa shape index (κ3) is 4.40. The smallest absolute Gasteiger partial charge is 0.134 e. The van der Waals surface area contributed by atoms with Gasteiger partial charge in [-0.15, -0.1) is 0 Å². The van der Waals surface area contributed by atoms with Crippen molar-refractivity contribution < 1.29 is 14.3 Å². The summed E-state index contributed by atoms with van der Waals surface area (Å²) in [6, 6.07) is 16.5. The van der Waals surface area contributed by atoms with Crippen LogP contribution < -0.4 is 9.47 Å². The van der Waals surface area contributed by atoms with Gasteiger partial charge in [0.05, 0.1) is 14.2 Å². The van der Waals surface area contributed by atoms with Crippen molar-refractivity contribution in [3.05, 3.63) is 59.7 Å². The number of rotatable bonds is 10. The van der Waals surface area contributed by atoms with Gasteiger partial charge in [0.2, 0.25) is 0 Å². The minimum absolute atomic E-state index is 0.266. The van der Waals surface area contributed by atoms with Gasteiger partial charge in [-0.1, -0.05) is 49.2 Å². The van der Waals surface area contributed by atoms with Crippen molar-refractivity contribution in [2.75, 3.05) is 14.2 Å². The van der Waals surface area contributed by atoms with Gasteiger partial charge in [-0.2, -0.15) is 0 Å². The van der Waals surface area contributed by atoms with E-state index in [1.807, 2.05) is 24.3 Å². The van der Waals surface area contributed by atoms with Gasteiger partial charge in [0, 0.05) is 12.8 Å². The largest absolute Gasteiger partial charge is 0.496 e. The van der Waals surface area contributed by atoms with Crippen molar-refractivity contribution in [1.82, 2.24) is 0 Å². The van der Waals surface area contributed by atoms with E-state index < -0.39 is 0 Å². The molecule has 0 spiro atoms. The first-order valence-electron chi connectivity index (χ1n) is 11.5. The first kappa shape index (κ1) is 21.0. The molecular weight excluding hydrogens is 372 g/mol. The SMILES string of the molecule is COc1ccccc1[C@@H](CC(=O)C[C@H](c1ccccc1OC)C1CCC1)C1CCC1. The molecule has 0 radical (unpaired) electrons. The predicted molar refractivity (Wildman–Crippen MR) is 120 cm³/mol. The monoisotopic (exact) mass is 406 g/mol. The second kappa shape index (κ2) is 9.68. The van der Waals surface area contributed by atoms with Crippen LogP contribution in [0.25, 0.3) is 0 Å². The third-order valence-electron chi connectivity index (χ3n) is 7.41. The number of Topliss-reactive ketones (excluding diaryl/α,β-unsaturated/α-hetero) is 1. The summed E-state index contributed by atoms with van der Waals surface area (Å²) >= 11 is 0. The van der Waals surface area contributed by atoms with Gasteiger partial charge >= 0.3 is 0 Å². The lowest BCUT2D eigenvalue weighted by molar-refractivity contribution is -0.120. The van der Waals surface area contributed by atoms with E-state index in [1.54, 1.807) is 14.2 Å². The molecule has 2 aromatic rings. The van der Waals surface area contributed by atoms with Crippen molar-refractivity contribution >= 4 is 5.78 Å². The Labute approximate surface area is 180 Å². The number of carbonyl (C=O) groups excluding carboxylic acids is 1. The number of ketones is 1. The predicted octanol–water partition coefficient (Wildman–Crippen LogP) is 6.52. The van der Waals surface area contributed by atoms with E-state index in [1.165, 1.54) is 49.7 Å². The van der Waals surface area contributed by atoms with Gasteiger partial charge in [0.25, 0.3) is 0 Å². The molecule has 3 heteroatoms. The van der Waals surface area contributed by atoms with Gasteiger partial charge in [-0.3, -0.25) is 4.79 Å². The number of hydrogen-bond acceptors (Lipinski definition) is 3. The molecule has 0 amide bonds. The van der Waals surface area contributed by atoms with Gasteiger partial charge in [0.15, 0.2) is 0 Å². The van der Waals surface area contributed by atoms with E-state index in [9.17, 15) is 4.79 Å². The van der Waals surface area contributed by atoms with Crippen LogP contribution in [0.5, 0.6) is 11.5 Å². The quantitative estimate of drug-likeness (QED) is 0.450. The summed E-state index contributed by atoms with van der Waals surface area (Å²) < 4.78 is 11.3. The Kier molecular flexibility index (Phi) is 6.76. The molecule has 0 saturated heterocycles. The highest BCUT2D eigenvalue weighted by Crippen LogP contribution is 2.47. The Hall–Kier alpha value is -2.29.